The van der Waals surface area contributed by atoms with Gasteiger partial charge in [0.15, 0.2) is 5.69 Å². The summed E-state index contributed by atoms with van der Waals surface area (Å²) in [6.07, 6.45) is 2.23. The van der Waals surface area contributed by atoms with Gasteiger partial charge in [-0.1, -0.05) is 0 Å². The number of esters is 1. The smallest absolute Gasteiger partial charge is 0.357 e. The van der Waals surface area contributed by atoms with Crippen LogP contribution in [0.4, 0.5) is 0 Å². The maximum Gasteiger partial charge on any atom is 0.357 e. The summed E-state index contributed by atoms with van der Waals surface area (Å²) in [5.41, 5.74) is 1.53. The van der Waals surface area contributed by atoms with Crippen LogP contribution in [-0.2, 0) is 4.74 Å². The monoisotopic (exact) mass is 320 g/mol. The molecule has 0 N–H and O–H groups in total. The maximum absolute atomic E-state index is 11.7. The molecule has 0 saturated heterocycles. The lowest BCUT2D eigenvalue weighted by molar-refractivity contribution is 0.0510. The lowest BCUT2D eigenvalue weighted by Gasteiger charge is -2.05. The summed E-state index contributed by atoms with van der Waals surface area (Å²) in [5, 5.41) is 4.38. The lowest BCUT2D eigenvalue weighted by Crippen LogP contribution is -2.13. The first-order valence-electron chi connectivity index (χ1n) is 5.06. The van der Waals surface area contributed by atoms with E-state index in [1.807, 2.05) is 18.5 Å². The van der Waals surface area contributed by atoms with Crippen LogP contribution in [0.1, 0.15) is 42.0 Å². The van der Waals surface area contributed by atoms with Crippen LogP contribution in [0.3, 0.4) is 0 Å². The van der Waals surface area contributed by atoms with E-state index >= 15 is 0 Å². The van der Waals surface area contributed by atoms with Gasteiger partial charge in [-0.3, -0.25) is 4.68 Å². The molecule has 82 valence electrons. The van der Waals surface area contributed by atoms with E-state index in [4.69, 9.17) is 4.74 Å². The molecule has 0 spiro atoms. The first-order valence-corrected chi connectivity index (χ1v) is 6.14. The van der Waals surface area contributed by atoms with E-state index in [0.29, 0.717) is 18.3 Å². The Morgan fingerprint density at radius 2 is 2.33 bits per heavy atom. The fourth-order valence-corrected chi connectivity index (χ4v) is 2.07. The molecule has 0 bridgehead atoms. The van der Waals surface area contributed by atoms with Gasteiger partial charge < -0.3 is 4.74 Å². The number of hydrogen-bond donors (Lipinski definition) is 0. The van der Waals surface area contributed by atoms with Gasteiger partial charge in [-0.15, -0.1) is 0 Å². The Bertz CT molecular complexity index is 396. The van der Waals surface area contributed by atoms with Crippen molar-refractivity contribution in [2.45, 2.75) is 32.7 Å². The number of aromatic nitrogens is 2. The zero-order valence-electron chi connectivity index (χ0n) is 8.79. The summed E-state index contributed by atoms with van der Waals surface area (Å²) in [7, 11) is 0. The van der Waals surface area contributed by atoms with Gasteiger partial charge in [0.25, 0.3) is 0 Å². The van der Waals surface area contributed by atoms with Gasteiger partial charge in [-0.2, -0.15) is 5.10 Å². The first-order chi connectivity index (χ1) is 7.15. The quantitative estimate of drug-likeness (QED) is 0.634. The van der Waals surface area contributed by atoms with Crippen molar-refractivity contribution in [1.29, 1.82) is 0 Å². The van der Waals surface area contributed by atoms with E-state index in [-0.39, 0.29) is 5.97 Å². The number of halogens is 1. The van der Waals surface area contributed by atoms with Gasteiger partial charge in [-0.05, 0) is 49.3 Å². The Labute approximate surface area is 102 Å². The Kier molecular flexibility index (Phi) is 2.99. The van der Waals surface area contributed by atoms with E-state index < -0.39 is 0 Å². The number of hydrogen-bond acceptors (Lipinski definition) is 3. The molecule has 1 saturated carbocycles. The third kappa shape index (κ3) is 2.02. The van der Waals surface area contributed by atoms with E-state index in [2.05, 4.69) is 27.7 Å². The normalized spacial score (nSPS) is 15.4. The van der Waals surface area contributed by atoms with Gasteiger partial charge in [-0.25, -0.2) is 4.79 Å². The minimum Gasteiger partial charge on any atom is -0.461 e. The maximum atomic E-state index is 11.7. The number of nitrogens with zero attached hydrogens (tertiary/aromatic N) is 2. The van der Waals surface area contributed by atoms with Crippen molar-refractivity contribution in [2.24, 2.45) is 0 Å². The Morgan fingerprint density at radius 3 is 2.87 bits per heavy atom. The molecule has 0 unspecified atom stereocenters. The molecule has 0 aromatic carbocycles. The molecular weight excluding hydrogens is 307 g/mol. The molecule has 1 aromatic rings. The molecule has 2 rings (SSSR count). The molecule has 5 heteroatoms. The van der Waals surface area contributed by atoms with Crippen LogP contribution in [0.15, 0.2) is 0 Å². The Hall–Kier alpha value is -0.590. The molecule has 0 atom stereocenters. The van der Waals surface area contributed by atoms with Gasteiger partial charge >= 0.3 is 5.97 Å². The van der Waals surface area contributed by atoms with Crippen molar-refractivity contribution < 1.29 is 9.53 Å². The van der Waals surface area contributed by atoms with Gasteiger partial charge in [0, 0.05) is 0 Å². The second kappa shape index (κ2) is 4.11. The molecule has 1 aliphatic rings. The van der Waals surface area contributed by atoms with Crippen LogP contribution >= 0.6 is 22.6 Å². The summed E-state index contributed by atoms with van der Waals surface area (Å²) in [5.74, 6) is -0.255. The molecule has 1 heterocycles. The molecule has 4 nitrogen and oxygen atoms in total. The zero-order chi connectivity index (χ0) is 11.0. The average molecular weight is 320 g/mol. The van der Waals surface area contributed by atoms with Crippen LogP contribution in [0.2, 0.25) is 0 Å². The number of carbonyl (C=O) groups is 1. The SMILES string of the molecule is CCOC(=O)c1c(I)c(C)nn1C1CC1. The second-order valence-corrected chi connectivity index (χ2v) is 4.72. The summed E-state index contributed by atoms with van der Waals surface area (Å²) < 4.78 is 7.78. The molecule has 0 aliphatic heterocycles. The summed E-state index contributed by atoms with van der Waals surface area (Å²) in [4.78, 5) is 11.7. The first kappa shape index (κ1) is 10.9. The highest BCUT2D eigenvalue weighted by Gasteiger charge is 2.31. The summed E-state index contributed by atoms with van der Waals surface area (Å²) in [6, 6.07) is 0.409. The van der Waals surface area contributed by atoms with Crippen molar-refractivity contribution in [3.05, 3.63) is 15.0 Å². The number of aryl methyl sites for hydroxylation is 1. The van der Waals surface area contributed by atoms with E-state index in [0.717, 1.165) is 22.1 Å². The molecular formula is C10H13IN2O2. The minimum absolute atomic E-state index is 0.255. The van der Waals surface area contributed by atoms with Gasteiger partial charge in [0.05, 0.1) is 21.9 Å². The molecule has 0 radical (unpaired) electrons. The average Bonchev–Trinajstić information content (AvgIpc) is 2.96. The highest BCUT2D eigenvalue weighted by atomic mass is 127. The molecule has 1 fully saturated rings. The summed E-state index contributed by atoms with van der Waals surface area (Å²) in [6.45, 7) is 4.14. The highest BCUT2D eigenvalue weighted by Crippen LogP contribution is 2.37. The topological polar surface area (TPSA) is 44.1 Å². The zero-order valence-corrected chi connectivity index (χ0v) is 10.9. The number of ether oxygens (including phenoxy) is 1. The highest BCUT2D eigenvalue weighted by molar-refractivity contribution is 14.1. The fourth-order valence-electron chi connectivity index (χ4n) is 1.49. The molecule has 0 amide bonds. The van der Waals surface area contributed by atoms with Crippen molar-refractivity contribution in [2.75, 3.05) is 6.61 Å². The predicted molar refractivity (Wildman–Crippen MR) is 63.9 cm³/mol. The van der Waals surface area contributed by atoms with E-state index in [1.165, 1.54) is 0 Å². The predicted octanol–water partition coefficient (Wildman–Crippen LogP) is 2.31. The van der Waals surface area contributed by atoms with Gasteiger partial charge in [0.1, 0.15) is 0 Å². The second-order valence-electron chi connectivity index (χ2n) is 3.64. The van der Waals surface area contributed by atoms with Crippen LogP contribution in [0, 0.1) is 10.5 Å². The van der Waals surface area contributed by atoms with Crippen molar-refractivity contribution in [3.8, 4) is 0 Å². The minimum atomic E-state index is -0.255. The van der Waals surface area contributed by atoms with Crippen molar-refractivity contribution in [3.63, 3.8) is 0 Å². The van der Waals surface area contributed by atoms with Crippen molar-refractivity contribution >= 4 is 28.6 Å². The van der Waals surface area contributed by atoms with Crippen LogP contribution in [-0.4, -0.2) is 22.4 Å². The fraction of sp³-hybridized carbons (Fsp3) is 0.600. The number of rotatable bonds is 3. The standard InChI is InChI=1S/C10H13IN2O2/c1-3-15-10(14)9-8(11)6(2)12-13(9)7-4-5-7/h7H,3-5H2,1-2H3. The van der Waals surface area contributed by atoms with E-state index in [9.17, 15) is 4.79 Å². The van der Waals surface area contributed by atoms with Crippen LogP contribution in [0.25, 0.3) is 0 Å². The van der Waals surface area contributed by atoms with E-state index in [1.54, 1.807) is 0 Å². The van der Waals surface area contributed by atoms with Gasteiger partial charge in [0.2, 0.25) is 0 Å². The largest absolute Gasteiger partial charge is 0.461 e. The third-order valence-electron chi connectivity index (χ3n) is 2.37. The third-order valence-corrected chi connectivity index (χ3v) is 3.67. The van der Waals surface area contributed by atoms with Crippen LogP contribution < -0.4 is 0 Å². The van der Waals surface area contributed by atoms with Crippen molar-refractivity contribution in [1.82, 2.24) is 9.78 Å². The Morgan fingerprint density at radius 1 is 1.67 bits per heavy atom. The summed E-state index contributed by atoms with van der Waals surface area (Å²) >= 11 is 2.16. The molecule has 1 aliphatic carbocycles. The Balaban J connectivity index is 2.38. The molecule has 1 aromatic heterocycles. The molecule has 15 heavy (non-hydrogen) atoms. The number of carbonyl (C=O) groups excluding carboxylic acids is 1. The lowest BCUT2D eigenvalue weighted by atomic mass is 10.3. The van der Waals surface area contributed by atoms with Crippen LogP contribution in [0.5, 0.6) is 0 Å².